The van der Waals surface area contributed by atoms with Crippen LogP contribution in [0.15, 0.2) is 42.1 Å². The molecule has 1 fully saturated rings. The molecule has 11 heteroatoms. The minimum atomic E-state index is -1.13. The Hall–Kier alpha value is -2.73. The first-order chi connectivity index (χ1) is 14.0. The number of hydrogen-bond donors (Lipinski definition) is 3. The Morgan fingerprint density at radius 3 is 2.83 bits per heavy atom. The number of thioether (sulfide) groups is 1. The van der Waals surface area contributed by atoms with Crippen molar-refractivity contribution in [2.24, 2.45) is 7.05 Å². The smallest absolute Gasteiger partial charge is 0.168 e. The quantitative estimate of drug-likeness (QED) is 0.413. The van der Waals surface area contributed by atoms with Gasteiger partial charge in [0.1, 0.15) is 24.1 Å². The SMILES string of the molecule is Cn1c(SC[C@H]2O[C@@H](n3cnc4c(N)ncnc43)[C@H](O)[C@@H]2O)nc2ccccc21. The minimum Gasteiger partial charge on any atom is -0.387 e. The second kappa shape index (κ2) is 6.95. The molecule has 5 rings (SSSR count). The molecule has 0 aliphatic carbocycles. The van der Waals surface area contributed by atoms with E-state index in [0.717, 1.165) is 16.2 Å². The van der Waals surface area contributed by atoms with Gasteiger partial charge in [0.15, 0.2) is 22.8 Å². The maximum absolute atomic E-state index is 10.6. The number of aliphatic hydroxyl groups is 2. The van der Waals surface area contributed by atoms with Crippen molar-refractivity contribution in [2.75, 3.05) is 11.5 Å². The number of aromatic nitrogens is 6. The topological polar surface area (TPSA) is 137 Å². The van der Waals surface area contributed by atoms with Crippen LogP contribution in [0.5, 0.6) is 0 Å². The highest BCUT2D eigenvalue weighted by atomic mass is 32.2. The van der Waals surface area contributed by atoms with E-state index in [1.165, 1.54) is 24.4 Å². The van der Waals surface area contributed by atoms with E-state index in [2.05, 4.69) is 19.9 Å². The molecule has 10 nitrogen and oxygen atoms in total. The number of nitrogens with zero attached hydrogens (tertiary/aromatic N) is 6. The molecular formula is C18H19N7O3S. The fourth-order valence-electron chi connectivity index (χ4n) is 3.56. The predicted octanol–water partition coefficient (Wildman–Crippen LogP) is 0.707. The number of aliphatic hydroxyl groups excluding tert-OH is 2. The molecule has 1 aliphatic heterocycles. The number of hydrogen-bond acceptors (Lipinski definition) is 9. The summed E-state index contributed by atoms with van der Waals surface area (Å²) in [5.41, 5.74) is 8.63. The van der Waals surface area contributed by atoms with E-state index in [9.17, 15) is 10.2 Å². The Labute approximate surface area is 169 Å². The first-order valence-corrected chi connectivity index (χ1v) is 10.0. The first-order valence-electron chi connectivity index (χ1n) is 9.03. The second-order valence-corrected chi connectivity index (χ2v) is 7.87. The number of benzene rings is 1. The number of imidazole rings is 2. The van der Waals surface area contributed by atoms with Crippen molar-refractivity contribution in [3.05, 3.63) is 36.9 Å². The number of aryl methyl sites for hydroxylation is 1. The lowest BCUT2D eigenvalue weighted by molar-refractivity contribution is -0.0289. The average molecular weight is 413 g/mol. The van der Waals surface area contributed by atoms with Gasteiger partial charge in [0.05, 0.1) is 23.5 Å². The van der Waals surface area contributed by atoms with Gasteiger partial charge in [-0.3, -0.25) is 4.57 Å². The van der Waals surface area contributed by atoms with Crippen LogP contribution in [-0.2, 0) is 11.8 Å². The Morgan fingerprint density at radius 2 is 2.00 bits per heavy atom. The highest BCUT2D eigenvalue weighted by Crippen LogP contribution is 2.34. The zero-order valence-corrected chi connectivity index (χ0v) is 16.3. The van der Waals surface area contributed by atoms with Gasteiger partial charge in [-0.2, -0.15) is 0 Å². The molecule has 1 saturated heterocycles. The zero-order valence-electron chi connectivity index (χ0n) is 15.5. The molecule has 29 heavy (non-hydrogen) atoms. The monoisotopic (exact) mass is 413 g/mol. The maximum Gasteiger partial charge on any atom is 0.168 e. The molecule has 4 heterocycles. The van der Waals surface area contributed by atoms with Crippen LogP contribution >= 0.6 is 11.8 Å². The van der Waals surface area contributed by atoms with Crippen LogP contribution in [-0.4, -0.2) is 63.3 Å². The van der Waals surface area contributed by atoms with Crippen LogP contribution in [0, 0.1) is 0 Å². The van der Waals surface area contributed by atoms with Crippen LogP contribution in [0.3, 0.4) is 0 Å². The molecule has 1 aliphatic rings. The standard InChI is InChI=1S/C18H19N7O3S/c1-24-10-5-3-2-4-9(10)23-18(24)29-6-11-13(26)14(27)17(28-11)25-8-22-12-15(19)20-7-21-16(12)25/h2-5,7-8,11,13-14,17,26-27H,6H2,1H3,(H2,19,20,21)/t11-,13-,14-,17-/m1/s1. The van der Waals surface area contributed by atoms with Crippen molar-refractivity contribution in [2.45, 2.75) is 29.7 Å². The Kier molecular flexibility index (Phi) is 4.39. The van der Waals surface area contributed by atoms with Crippen molar-refractivity contribution in [3.63, 3.8) is 0 Å². The fraction of sp³-hybridized carbons (Fsp3) is 0.333. The largest absolute Gasteiger partial charge is 0.387 e. The van der Waals surface area contributed by atoms with Gasteiger partial charge in [0, 0.05) is 12.8 Å². The van der Waals surface area contributed by atoms with E-state index in [-0.39, 0.29) is 5.82 Å². The van der Waals surface area contributed by atoms with Gasteiger partial charge >= 0.3 is 0 Å². The summed E-state index contributed by atoms with van der Waals surface area (Å²) in [4.78, 5) is 16.9. The number of ether oxygens (including phenoxy) is 1. The normalized spacial score (nSPS) is 24.7. The lowest BCUT2D eigenvalue weighted by Gasteiger charge is -2.16. The molecule has 3 aromatic heterocycles. The summed E-state index contributed by atoms with van der Waals surface area (Å²) in [5.74, 6) is 0.672. The Bertz CT molecular complexity index is 1190. The van der Waals surface area contributed by atoms with Crippen LogP contribution in [0.25, 0.3) is 22.2 Å². The van der Waals surface area contributed by atoms with E-state index in [0.29, 0.717) is 16.9 Å². The lowest BCUT2D eigenvalue weighted by Crippen LogP contribution is -2.32. The summed E-state index contributed by atoms with van der Waals surface area (Å²) in [5, 5.41) is 21.9. The van der Waals surface area contributed by atoms with Crippen molar-refractivity contribution in [3.8, 4) is 0 Å². The molecule has 1 aromatic carbocycles. The molecule has 0 unspecified atom stereocenters. The van der Waals surface area contributed by atoms with Gasteiger partial charge < -0.3 is 25.3 Å². The zero-order chi connectivity index (χ0) is 20.1. The lowest BCUT2D eigenvalue weighted by atomic mass is 10.1. The Morgan fingerprint density at radius 1 is 1.17 bits per heavy atom. The molecule has 4 aromatic rings. The fourth-order valence-corrected chi connectivity index (χ4v) is 4.61. The third kappa shape index (κ3) is 2.94. The molecule has 0 amide bonds. The van der Waals surface area contributed by atoms with E-state index < -0.39 is 24.5 Å². The highest BCUT2D eigenvalue weighted by Gasteiger charge is 2.44. The maximum atomic E-state index is 10.6. The average Bonchev–Trinajstić information content (AvgIpc) is 3.37. The molecule has 0 saturated carbocycles. The molecule has 0 spiro atoms. The van der Waals surface area contributed by atoms with Crippen LogP contribution in [0.1, 0.15) is 6.23 Å². The summed E-state index contributed by atoms with van der Waals surface area (Å²) in [6.45, 7) is 0. The summed E-state index contributed by atoms with van der Waals surface area (Å²) in [7, 11) is 1.95. The summed E-state index contributed by atoms with van der Waals surface area (Å²) in [6, 6.07) is 7.87. The summed E-state index contributed by atoms with van der Waals surface area (Å²) in [6.07, 6.45) is -0.787. The van der Waals surface area contributed by atoms with Gasteiger partial charge in [-0.25, -0.2) is 19.9 Å². The van der Waals surface area contributed by atoms with Crippen LogP contribution in [0.4, 0.5) is 5.82 Å². The first kappa shape index (κ1) is 18.3. The van der Waals surface area contributed by atoms with E-state index in [1.807, 2.05) is 35.9 Å². The molecule has 150 valence electrons. The third-order valence-electron chi connectivity index (χ3n) is 5.12. The van der Waals surface area contributed by atoms with E-state index >= 15 is 0 Å². The summed E-state index contributed by atoms with van der Waals surface area (Å²) < 4.78 is 9.55. The number of anilines is 1. The number of fused-ring (bicyclic) bond motifs is 2. The number of nitrogens with two attached hydrogens (primary N) is 1. The molecule has 4 atom stereocenters. The van der Waals surface area contributed by atoms with E-state index in [1.54, 1.807) is 4.57 Å². The highest BCUT2D eigenvalue weighted by molar-refractivity contribution is 7.99. The van der Waals surface area contributed by atoms with Crippen molar-refractivity contribution >= 4 is 39.8 Å². The van der Waals surface area contributed by atoms with Gasteiger partial charge in [0.25, 0.3) is 0 Å². The molecule has 0 radical (unpaired) electrons. The van der Waals surface area contributed by atoms with Crippen LogP contribution < -0.4 is 5.73 Å². The third-order valence-corrected chi connectivity index (χ3v) is 6.24. The number of para-hydroxylation sites is 2. The number of rotatable bonds is 4. The van der Waals surface area contributed by atoms with Gasteiger partial charge in [-0.15, -0.1) is 0 Å². The number of nitrogen functional groups attached to an aromatic ring is 1. The summed E-state index contributed by atoms with van der Waals surface area (Å²) >= 11 is 1.47. The van der Waals surface area contributed by atoms with Crippen molar-refractivity contribution < 1.29 is 14.9 Å². The van der Waals surface area contributed by atoms with Gasteiger partial charge in [-0.1, -0.05) is 23.9 Å². The van der Waals surface area contributed by atoms with E-state index in [4.69, 9.17) is 10.5 Å². The van der Waals surface area contributed by atoms with Crippen LogP contribution in [0.2, 0.25) is 0 Å². The Balaban J connectivity index is 1.36. The molecular weight excluding hydrogens is 394 g/mol. The van der Waals surface area contributed by atoms with Crippen molar-refractivity contribution in [1.82, 2.24) is 29.1 Å². The second-order valence-electron chi connectivity index (χ2n) is 6.88. The van der Waals surface area contributed by atoms with Crippen molar-refractivity contribution in [1.29, 1.82) is 0 Å². The molecule has 0 bridgehead atoms. The van der Waals surface area contributed by atoms with Gasteiger partial charge in [0.2, 0.25) is 0 Å². The minimum absolute atomic E-state index is 0.246. The predicted molar refractivity (Wildman–Crippen MR) is 107 cm³/mol. The molecule has 4 N–H and O–H groups in total. The van der Waals surface area contributed by atoms with Gasteiger partial charge in [-0.05, 0) is 12.1 Å².